The van der Waals surface area contributed by atoms with Gasteiger partial charge in [0.15, 0.2) is 5.58 Å². The van der Waals surface area contributed by atoms with Crippen LogP contribution in [0.25, 0.3) is 11.1 Å². The fraction of sp³-hybridized carbons (Fsp3) is 0.200. The molecule has 0 radical (unpaired) electrons. The number of oxazole rings is 1. The van der Waals surface area contributed by atoms with Gasteiger partial charge in [-0.1, -0.05) is 0 Å². The topological polar surface area (TPSA) is 92.8 Å². The molecule has 2 aromatic rings. The van der Waals surface area contributed by atoms with Crippen LogP contribution in [0.1, 0.15) is 12.0 Å². The minimum absolute atomic E-state index is 0.114. The quantitative estimate of drug-likeness (QED) is 0.865. The first kappa shape index (κ1) is 12.2. The van der Waals surface area contributed by atoms with Gasteiger partial charge in [0, 0.05) is 6.07 Å². The molecule has 2 N–H and O–H groups in total. The van der Waals surface area contributed by atoms with Gasteiger partial charge in [0.2, 0.25) is 12.0 Å². The number of halogens is 2. The molecule has 0 aliphatic carbocycles. The van der Waals surface area contributed by atoms with Crippen molar-refractivity contribution in [1.29, 1.82) is 0 Å². The number of aliphatic hydroxyl groups excluding tert-OH is 1. The summed E-state index contributed by atoms with van der Waals surface area (Å²) in [4.78, 5) is 14.2. The van der Waals surface area contributed by atoms with Crippen molar-refractivity contribution in [3.63, 3.8) is 0 Å². The van der Waals surface area contributed by atoms with Gasteiger partial charge in [-0.3, -0.25) is 0 Å². The van der Waals surface area contributed by atoms with Crippen molar-refractivity contribution in [3.05, 3.63) is 24.1 Å². The van der Waals surface area contributed by atoms with Gasteiger partial charge < -0.3 is 19.4 Å². The molecule has 1 unspecified atom stereocenters. The van der Waals surface area contributed by atoms with E-state index >= 15 is 0 Å². The van der Waals surface area contributed by atoms with Crippen LogP contribution in [0.4, 0.5) is 8.78 Å². The lowest BCUT2D eigenvalue weighted by Gasteiger charge is -2.02. The molecule has 1 atom stereocenters. The number of fused-ring (bicyclic) bond motifs is 1. The van der Waals surface area contributed by atoms with E-state index in [9.17, 15) is 18.7 Å². The van der Waals surface area contributed by atoms with Gasteiger partial charge in [-0.15, -0.1) is 0 Å². The molecule has 0 aliphatic heterocycles. The van der Waals surface area contributed by atoms with Crippen LogP contribution >= 0.6 is 0 Å². The van der Waals surface area contributed by atoms with Crippen LogP contribution in [0, 0.1) is 0 Å². The number of nitrogens with zero attached hydrogens (tertiary/aromatic N) is 1. The molecule has 0 amide bonds. The Morgan fingerprint density at radius 2 is 2.17 bits per heavy atom. The number of carboxylic acids is 1. The van der Waals surface area contributed by atoms with Crippen molar-refractivity contribution in [2.75, 3.05) is 0 Å². The molecule has 1 aromatic carbocycles. The fourth-order valence-corrected chi connectivity index (χ4v) is 1.32. The average Bonchev–Trinajstić information content (AvgIpc) is 2.69. The van der Waals surface area contributed by atoms with E-state index in [-0.39, 0.29) is 16.8 Å². The molecule has 2 rings (SSSR count). The van der Waals surface area contributed by atoms with Crippen LogP contribution in [-0.4, -0.2) is 27.8 Å². The van der Waals surface area contributed by atoms with E-state index in [1.54, 1.807) is 0 Å². The molecule has 6 nitrogen and oxygen atoms in total. The number of carboxylic acid groups (broad SMARTS) is 1. The van der Waals surface area contributed by atoms with Crippen molar-refractivity contribution >= 4 is 17.1 Å². The highest BCUT2D eigenvalue weighted by Gasteiger charge is 2.22. The smallest absolute Gasteiger partial charge is 0.387 e. The van der Waals surface area contributed by atoms with Gasteiger partial charge in [0.05, 0.1) is 0 Å². The van der Waals surface area contributed by atoms with E-state index < -0.39 is 24.6 Å². The Morgan fingerprint density at radius 3 is 2.78 bits per heavy atom. The Hall–Kier alpha value is -2.22. The summed E-state index contributed by atoms with van der Waals surface area (Å²) in [6, 6.07) is 3.66. The highest BCUT2D eigenvalue weighted by molar-refractivity contribution is 5.77. The second-order valence-electron chi connectivity index (χ2n) is 3.30. The molecule has 8 heteroatoms. The highest BCUT2D eigenvalue weighted by Crippen LogP contribution is 2.25. The van der Waals surface area contributed by atoms with Gasteiger partial charge in [0.1, 0.15) is 11.3 Å². The molecule has 0 aliphatic rings. The lowest BCUT2D eigenvalue weighted by molar-refractivity contribution is -0.148. The Bertz CT molecular complexity index is 583. The van der Waals surface area contributed by atoms with Gasteiger partial charge >= 0.3 is 12.6 Å². The molecular formula is C10H7F2NO5. The van der Waals surface area contributed by atoms with E-state index in [0.29, 0.717) is 0 Å². The number of aromatic nitrogens is 1. The first-order chi connectivity index (χ1) is 8.47. The Kier molecular flexibility index (Phi) is 3.11. The molecule has 1 aromatic heterocycles. The number of alkyl halides is 2. The van der Waals surface area contributed by atoms with Crippen molar-refractivity contribution in [1.82, 2.24) is 4.98 Å². The molecule has 0 fully saturated rings. The molecule has 0 spiro atoms. The van der Waals surface area contributed by atoms with Gasteiger partial charge in [0.25, 0.3) is 0 Å². The van der Waals surface area contributed by atoms with Crippen molar-refractivity contribution in [2.45, 2.75) is 12.7 Å². The summed E-state index contributed by atoms with van der Waals surface area (Å²) in [7, 11) is 0. The zero-order valence-electron chi connectivity index (χ0n) is 8.71. The molecule has 1 heterocycles. The second-order valence-corrected chi connectivity index (χ2v) is 3.30. The molecule has 96 valence electrons. The predicted octanol–water partition coefficient (Wildman–Crippen LogP) is 1.55. The lowest BCUT2D eigenvalue weighted by atomic mass is 10.3. The minimum atomic E-state index is -2.97. The second kappa shape index (κ2) is 4.57. The molecule has 18 heavy (non-hydrogen) atoms. The summed E-state index contributed by atoms with van der Waals surface area (Å²) in [6.07, 6.45) is -1.91. The number of aliphatic hydroxyl groups is 1. The molecular weight excluding hydrogens is 252 g/mol. The number of benzene rings is 1. The largest absolute Gasteiger partial charge is 0.479 e. The van der Waals surface area contributed by atoms with Crippen LogP contribution in [-0.2, 0) is 4.79 Å². The van der Waals surface area contributed by atoms with E-state index in [4.69, 9.17) is 9.52 Å². The number of carbonyl (C=O) groups is 1. The average molecular weight is 259 g/mol. The normalized spacial score (nSPS) is 12.9. The Morgan fingerprint density at radius 1 is 1.44 bits per heavy atom. The fourth-order valence-electron chi connectivity index (χ4n) is 1.32. The van der Waals surface area contributed by atoms with E-state index in [1.165, 1.54) is 12.1 Å². The monoisotopic (exact) mass is 259 g/mol. The van der Waals surface area contributed by atoms with Crippen LogP contribution < -0.4 is 4.74 Å². The number of aliphatic carboxylic acids is 1. The van der Waals surface area contributed by atoms with Crippen LogP contribution in [0.3, 0.4) is 0 Å². The van der Waals surface area contributed by atoms with Gasteiger partial charge in [-0.2, -0.15) is 8.78 Å². The zero-order chi connectivity index (χ0) is 13.3. The van der Waals surface area contributed by atoms with Crippen LogP contribution in [0.2, 0.25) is 0 Å². The summed E-state index contributed by atoms with van der Waals surface area (Å²) in [5.41, 5.74) is 0.273. The molecule has 0 bridgehead atoms. The zero-order valence-corrected chi connectivity index (χ0v) is 8.71. The highest BCUT2D eigenvalue weighted by atomic mass is 19.3. The third-order valence-corrected chi connectivity index (χ3v) is 2.07. The standard InChI is InChI=1S/C10H7F2NO5/c11-10(12)17-4-1-2-6-5(3-4)13-8(18-6)7(14)9(15)16/h1-3,7,10,14H,(H,15,16). The van der Waals surface area contributed by atoms with Gasteiger partial charge in [-0.25, -0.2) is 9.78 Å². The number of ether oxygens (including phenoxy) is 1. The minimum Gasteiger partial charge on any atom is -0.479 e. The number of hydrogen-bond donors (Lipinski definition) is 2. The first-order valence-corrected chi connectivity index (χ1v) is 4.73. The van der Waals surface area contributed by atoms with E-state index in [1.807, 2.05) is 0 Å². The van der Waals surface area contributed by atoms with E-state index in [2.05, 4.69) is 9.72 Å². The van der Waals surface area contributed by atoms with Gasteiger partial charge in [-0.05, 0) is 12.1 Å². The summed E-state index contributed by atoms with van der Waals surface area (Å²) in [5.74, 6) is -2.08. The summed E-state index contributed by atoms with van der Waals surface area (Å²) in [5, 5.41) is 17.8. The predicted molar refractivity (Wildman–Crippen MR) is 53.2 cm³/mol. The SMILES string of the molecule is O=C(O)C(O)c1nc2cc(OC(F)F)ccc2o1. The first-order valence-electron chi connectivity index (χ1n) is 4.73. The van der Waals surface area contributed by atoms with Crippen molar-refractivity contribution < 1.29 is 32.9 Å². The molecule has 0 saturated heterocycles. The number of rotatable bonds is 4. The number of hydrogen-bond acceptors (Lipinski definition) is 5. The lowest BCUT2D eigenvalue weighted by Crippen LogP contribution is -2.10. The third-order valence-electron chi connectivity index (χ3n) is 2.07. The third kappa shape index (κ3) is 2.38. The van der Waals surface area contributed by atoms with Crippen molar-refractivity contribution in [2.24, 2.45) is 0 Å². The van der Waals surface area contributed by atoms with Crippen LogP contribution in [0.15, 0.2) is 22.6 Å². The summed E-state index contributed by atoms with van der Waals surface area (Å²) < 4.78 is 33.1. The maximum Gasteiger partial charge on any atom is 0.387 e. The summed E-state index contributed by atoms with van der Waals surface area (Å²) >= 11 is 0. The Labute approximate surface area is 98.4 Å². The van der Waals surface area contributed by atoms with Crippen molar-refractivity contribution in [3.8, 4) is 5.75 Å². The van der Waals surface area contributed by atoms with E-state index in [0.717, 1.165) is 6.07 Å². The van der Waals surface area contributed by atoms with Crippen LogP contribution in [0.5, 0.6) is 5.75 Å². The maximum absolute atomic E-state index is 12.0. The maximum atomic E-state index is 12.0. The molecule has 0 saturated carbocycles. The Balaban J connectivity index is 2.36. The summed E-state index contributed by atoms with van der Waals surface area (Å²) in [6.45, 7) is -2.97.